The SMILES string of the molecule is CC(C)N1CC=C2C(C#N)=C(N)C(C#N)(C#N)[C@@H](c3ccc(F)cc3)[C@@H]2C1. The Kier molecular flexibility index (Phi) is 4.75. The van der Waals surface area contributed by atoms with Crippen LogP contribution in [-0.2, 0) is 0 Å². The van der Waals surface area contributed by atoms with Gasteiger partial charge in [-0.05, 0) is 37.1 Å². The first-order valence-electron chi connectivity index (χ1n) is 8.82. The van der Waals surface area contributed by atoms with Gasteiger partial charge in [0, 0.05) is 31.0 Å². The number of fused-ring (bicyclic) bond motifs is 1. The summed E-state index contributed by atoms with van der Waals surface area (Å²) in [5.41, 5.74) is 6.22. The van der Waals surface area contributed by atoms with E-state index in [1.165, 1.54) is 12.1 Å². The van der Waals surface area contributed by atoms with Gasteiger partial charge in [0.1, 0.15) is 11.9 Å². The minimum atomic E-state index is -1.68. The quantitative estimate of drug-likeness (QED) is 0.873. The number of benzene rings is 1. The Morgan fingerprint density at radius 3 is 2.33 bits per heavy atom. The lowest BCUT2D eigenvalue weighted by atomic mass is 9.58. The lowest BCUT2D eigenvalue weighted by molar-refractivity contribution is 0.174. The van der Waals surface area contributed by atoms with Gasteiger partial charge in [-0.1, -0.05) is 18.2 Å². The summed E-state index contributed by atoms with van der Waals surface area (Å²) < 4.78 is 13.5. The van der Waals surface area contributed by atoms with Gasteiger partial charge in [0.2, 0.25) is 0 Å². The van der Waals surface area contributed by atoms with Crippen molar-refractivity contribution in [1.82, 2.24) is 4.90 Å². The molecule has 1 aromatic rings. The summed E-state index contributed by atoms with van der Waals surface area (Å²) in [5, 5.41) is 29.6. The highest BCUT2D eigenvalue weighted by molar-refractivity contribution is 5.59. The van der Waals surface area contributed by atoms with Crippen molar-refractivity contribution in [2.24, 2.45) is 17.1 Å². The van der Waals surface area contributed by atoms with E-state index in [9.17, 15) is 20.2 Å². The van der Waals surface area contributed by atoms with Gasteiger partial charge in [-0.15, -0.1) is 0 Å². The van der Waals surface area contributed by atoms with Crippen molar-refractivity contribution >= 4 is 0 Å². The van der Waals surface area contributed by atoms with Gasteiger partial charge in [0.15, 0.2) is 5.41 Å². The van der Waals surface area contributed by atoms with Crippen molar-refractivity contribution in [2.45, 2.75) is 25.8 Å². The molecule has 1 heterocycles. The third kappa shape index (κ3) is 2.78. The highest BCUT2D eigenvalue weighted by Crippen LogP contribution is 2.54. The van der Waals surface area contributed by atoms with Crippen LogP contribution in [0.15, 0.2) is 47.2 Å². The maximum Gasteiger partial charge on any atom is 0.191 e. The number of nitrogens with two attached hydrogens (primary N) is 1. The molecule has 0 saturated carbocycles. The second-order valence-electron chi connectivity index (χ2n) is 7.27. The highest BCUT2D eigenvalue weighted by Gasteiger charge is 2.54. The van der Waals surface area contributed by atoms with E-state index in [1.807, 2.05) is 6.08 Å². The fourth-order valence-corrected chi connectivity index (χ4v) is 4.17. The molecule has 2 atom stereocenters. The molecule has 0 saturated heterocycles. The summed E-state index contributed by atoms with van der Waals surface area (Å²) in [7, 11) is 0. The van der Waals surface area contributed by atoms with Gasteiger partial charge in [-0.3, -0.25) is 4.90 Å². The van der Waals surface area contributed by atoms with E-state index < -0.39 is 17.2 Å². The number of allylic oxidation sites excluding steroid dienone is 2. The molecule has 0 spiro atoms. The molecule has 0 fully saturated rings. The van der Waals surface area contributed by atoms with Crippen LogP contribution in [0.1, 0.15) is 25.3 Å². The molecule has 2 N–H and O–H groups in total. The van der Waals surface area contributed by atoms with E-state index in [0.717, 1.165) is 5.57 Å². The summed E-state index contributed by atoms with van der Waals surface area (Å²) in [6, 6.07) is 12.4. The smallest absolute Gasteiger partial charge is 0.191 e. The molecular formula is C21H20FN5. The summed E-state index contributed by atoms with van der Waals surface area (Å²) >= 11 is 0. The zero-order valence-electron chi connectivity index (χ0n) is 15.3. The molecule has 0 radical (unpaired) electrons. The molecule has 0 aromatic heterocycles. The molecule has 6 heteroatoms. The molecule has 136 valence electrons. The van der Waals surface area contributed by atoms with Crippen LogP contribution in [-0.4, -0.2) is 24.0 Å². The molecule has 1 aliphatic carbocycles. The number of rotatable bonds is 2. The van der Waals surface area contributed by atoms with E-state index >= 15 is 0 Å². The minimum absolute atomic E-state index is 0.00942. The number of halogens is 1. The minimum Gasteiger partial charge on any atom is -0.399 e. The van der Waals surface area contributed by atoms with E-state index in [2.05, 4.69) is 37.0 Å². The van der Waals surface area contributed by atoms with Crippen molar-refractivity contribution < 1.29 is 4.39 Å². The molecule has 5 nitrogen and oxygen atoms in total. The molecule has 0 bridgehead atoms. The Balaban J connectivity index is 2.29. The third-order valence-corrected chi connectivity index (χ3v) is 5.65. The Hall–Kier alpha value is -3.14. The van der Waals surface area contributed by atoms with Gasteiger partial charge in [-0.2, -0.15) is 15.8 Å². The van der Waals surface area contributed by atoms with Crippen molar-refractivity contribution in [3.05, 3.63) is 58.6 Å². The second-order valence-corrected chi connectivity index (χ2v) is 7.27. The van der Waals surface area contributed by atoms with Crippen LogP contribution in [0.4, 0.5) is 4.39 Å². The van der Waals surface area contributed by atoms with Crippen LogP contribution in [0.2, 0.25) is 0 Å². The Morgan fingerprint density at radius 2 is 1.81 bits per heavy atom. The predicted molar refractivity (Wildman–Crippen MR) is 97.9 cm³/mol. The van der Waals surface area contributed by atoms with E-state index in [1.54, 1.807) is 12.1 Å². The number of nitrogens with zero attached hydrogens (tertiary/aromatic N) is 4. The first-order valence-corrected chi connectivity index (χ1v) is 8.82. The fourth-order valence-electron chi connectivity index (χ4n) is 4.17. The molecule has 0 amide bonds. The van der Waals surface area contributed by atoms with Crippen molar-refractivity contribution in [3.8, 4) is 18.2 Å². The molecule has 1 aliphatic heterocycles. The predicted octanol–water partition coefficient (Wildman–Crippen LogP) is 2.96. The maximum atomic E-state index is 13.5. The second kappa shape index (κ2) is 6.88. The van der Waals surface area contributed by atoms with Crippen LogP contribution in [0.5, 0.6) is 0 Å². The molecule has 27 heavy (non-hydrogen) atoms. The lowest BCUT2D eigenvalue weighted by Crippen LogP contribution is -2.49. The summed E-state index contributed by atoms with van der Waals surface area (Å²) in [6.07, 6.45) is 1.97. The standard InChI is InChI=1S/C21H20FN5/c1-13(2)27-8-7-16-17(9-23)20(26)21(11-24,12-25)19(18(16)10-27)14-3-5-15(22)6-4-14/h3-7,13,18-19H,8,10,26H2,1-2H3/t18-,19+/m1/s1. The normalized spacial score (nSPS) is 24.4. The number of hydrogen-bond donors (Lipinski definition) is 1. The number of hydrogen-bond acceptors (Lipinski definition) is 5. The third-order valence-electron chi connectivity index (χ3n) is 5.65. The number of nitriles is 3. The zero-order chi connectivity index (χ0) is 19.8. The van der Waals surface area contributed by atoms with Crippen LogP contribution in [0, 0.1) is 51.1 Å². The molecule has 0 unspecified atom stereocenters. The molecule has 1 aromatic carbocycles. The van der Waals surface area contributed by atoms with Gasteiger partial charge in [0.05, 0.1) is 23.4 Å². The first kappa shape index (κ1) is 18.6. The van der Waals surface area contributed by atoms with Crippen molar-refractivity contribution in [3.63, 3.8) is 0 Å². The van der Waals surface area contributed by atoms with Gasteiger partial charge in [0.25, 0.3) is 0 Å². The average Bonchev–Trinajstić information content (AvgIpc) is 2.67. The summed E-state index contributed by atoms with van der Waals surface area (Å²) in [4.78, 5) is 2.22. The Labute approximate surface area is 158 Å². The monoisotopic (exact) mass is 361 g/mol. The van der Waals surface area contributed by atoms with Gasteiger partial charge in [-0.25, -0.2) is 4.39 Å². The summed E-state index contributed by atoms with van der Waals surface area (Å²) in [5.74, 6) is -1.23. The van der Waals surface area contributed by atoms with E-state index in [4.69, 9.17) is 5.73 Å². The Bertz CT molecular complexity index is 923. The van der Waals surface area contributed by atoms with Crippen LogP contribution in [0.25, 0.3) is 0 Å². The van der Waals surface area contributed by atoms with Crippen molar-refractivity contribution in [2.75, 3.05) is 13.1 Å². The zero-order valence-corrected chi connectivity index (χ0v) is 15.3. The lowest BCUT2D eigenvalue weighted by Gasteiger charge is -2.46. The molecule has 2 aliphatic rings. The van der Waals surface area contributed by atoms with Crippen molar-refractivity contribution in [1.29, 1.82) is 15.8 Å². The highest BCUT2D eigenvalue weighted by atomic mass is 19.1. The van der Waals surface area contributed by atoms with Crippen LogP contribution >= 0.6 is 0 Å². The van der Waals surface area contributed by atoms with Gasteiger partial charge >= 0.3 is 0 Å². The maximum absolute atomic E-state index is 13.5. The van der Waals surface area contributed by atoms with Crippen LogP contribution < -0.4 is 5.73 Å². The van der Waals surface area contributed by atoms with E-state index in [0.29, 0.717) is 18.7 Å². The van der Waals surface area contributed by atoms with E-state index in [-0.39, 0.29) is 23.2 Å². The van der Waals surface area contributed by atoms with Gasteiger partial charge < -0.3 is 5.73 Å². The largest absolute Gasteiger partial charge is 0.399 e. The first-order chi connectivity index (χ1) is 12.9. The molecule has 3 rings (SSSR count). The Morgan fingerprint density at radius 1 is 1.19 bits per heavy atom. The average molecular weight is 361 g/mol. The molecular weight excluding hydrogens is 341 g/mol. The fraction of sp³-hybridized carbons (Fsp3) is 0.381. The summed E-state index contributed by atoms with van der Waals surface area (Å²) in [6.45, 7) is 5.41. The van der Waals surface area contributed by atoms with Crippen LogP contribution in [0.3, 0.4) is 0 Å². The topological polar surface area (TPSA) is 101 Å².